The molecule has 0 aromatic heterocycles. The Bertz CT molecular complexity index is 416. The summed E-state index contributed by atoms with van der Waals surface area (Å²) in [5, 5.41) is 3.36. The Hall–Kier alpha value is -0.810. The smallest absolute Gasteiger partial charge is 0.239 e. The van der Waals surface area contributed by atoms with E-state index in [1.54, 1.807) is 0 Å². The number of rotatable bonds is 1. The van der Waals surface area contributed by atoms with Gasteiger partial charge in [0, 0.05) is 4.47 Å². The number of halogens is 1. The van der Waals surface area contributed by atoms with Gasteiger partial charge in [-0.05, 0) is 31.2 Å². The zero-order chi connectivity index (χ0) is 10.8. The Balaban J connectivity index is 2.17. The summed E-state index contributed by atoms with van der Waals surface area (Å²) in [6.45, 7) is 1.87. The Morgan fingerprint density at radius 1 is 1.40 bits per heavy atom. The van der Waals surface area contributed by atoms with E-state index in [9.17, 15) is 4.79 Å². The predicted octanol–water partition coefficient (Wildman–Crippen LogP) is 2.69. The lowest BCUT2D eigenvalue weighted by atomic mass is 10.3. The molecule has 1 aliphatic heterocycles. The second-order valence-electron chi connectivity index (χ2n) is 3.14. The molecule has 0 saturated carbocycles. The SMILES string of the molecule is C[C@@H]1SC(=Nc2ccc(Br)cc2)NC1=O. The van der Waals surface area contributed by atoms with Gasteiger partial charge in [-0.15, -0.1) is 0 Å². The third-order valence-electron chi connectivity index (χ3n) is 1.95. The van der Waals surface area contributed by atoms with Crippen LogP contribution in [0.3, 0.4) is 0 Å². The molecule has 1 N–H and O–H groups in total. The molecule has 1 aliphatic rings. The first-order valence-electron chi connectivity index (χ1n) is 4.47. The summed E-state index contributed by atoms with van der Waals surface area (Å²) < 4.78 is 1.02. The third kappa shape index (κ3) is 2.60. The maximum Gasteiger partial charge on any atom is 0.239 e. The standard InChI is InChI=1S/C10H9BrN2OS/c1-6-9(14)13-10(15-6)12-8-4-2-7(11)3-5-8/h2-6H,1H3,(H,12,13,14)/t6-/m0/s1. The van der Waals surface area contributed by atoms with Gasteiger partial charge in [0.05, 0.1) is 10.9 Å². The van der Waals surface area contributed by atoms with Gasteiger partial charge in [-0.2, -0.15) is 0 Å². The lowest BCUT2D eigenvalue weighted by molar-refractivity contribution is -0.118. The minimum Gasteiger partial charge on any atom is -0.304 e. The van der Waals surface area contributed by atoms with Gasteiger partial charge in [-0.25, -0.2) is 4.99 Å². The van der Waals surface area contributed by atoms with Gasteiger partial charge >= 0.3 is 0 Å². The molecule has 78 valence electrons. The van der Waals surface area contributed by atoms with Gasteiger partial charge in [0.1, 0.15) is 0 Å². The summed E-state index contributed by atoms with van der Waals surface area (Å²) in [6.07, 6.45) is 0. The van der Waals surface area contributed by atoms with Crippen LogP contribution in [0.4, 0.5) is 5.69 Å². The number of nitrogens with zero attached hydrogens (tertiary/aromatic N) is 1. The number of benzene rings is 1. The van der Waals surface area contributed by atoms with Crippen molar-refractivity contribution >= 4 is 44.5 Å². The van der Waals surface area contributed by atoms with Crippen molar-refractivity contribution in [3.63, 3.8) is 0 Å². The number of aliphatic imine (C=N–C) groups is 1. The van der Waals surface area contributed by atoms with Crippen LogP contribution in [0.1, 0.15) is 6.92 Å². The first kappa shape index (κ1) is 10.7. The molecule has 1 aromatic rings. The monoisotopic (exact) mass is 284 g/mol. The molecule has 1 heterocycles. The molecule has 15 heavy (non-hydrogen) atoms. The second-order valence-corrected chi connectivity index (χ2v) is 5.39. The number of carbonyl (C=O) groups excluding carboxylic acids is 1. The Morgan fingerprint density at radius 3 is 2.60 bits per heavy atom. The molecule has 5 heteroatoms. The predicted molar refractivity (Wildman–Crippen MR) is 66.4 cm³/mol. The minimum atomic E-state index is -0.0424. The summed E-state index contributed by atoms with van der Waals surface area (Å²) in [7, 11) is 0. The van der Waals surface area contributed by atoms with Crippen LogP contribution in [0.5, 0.6) is 0 Å². The van der Waals surface area contributed by atoms with Crippen LogP contribution in [-0.4, -0.2) is 16.3 Å². The molecule has 1 amide bonds. The highest BCUT2D eigenvalue weighted by Gasteiger charge is 2.25. The van der Waals surface area contributed by atoms with E-state index in [2.05, 4.69) is 26.2 Å². The number of hydrogen-bond acceptors (Lipinski definition) is 3. The van der Waals surface area contributed by atoms with Crippen LogP contribution in [0, 0.1) is 0 Å². The summed E-state index contributed by atoms with van der Waals surface area (Å²) in [4.78, 5) is 15.5. The maximum absolute atomic E-state index is 11.2. The first-order chi connectivity index (χ1) is 7.15. The zero-order valence-electron chi connectivity index (χ0n) is 8.03. The van der Waals surface area contributed by atoms with Gasteiger partial charge in [0.15, 0.2) is 5.17 Å². The lowest BCUT2D eigenvalue weighted by Crippen LogP contribution is -2.23. The molecule has 2 rings (SSSR count). The fraction of sp³-hybridized carbons (Fsp3) is 0.200. The number of amides is 1. The average Bonchev–Trinajstić information content (AvgIpc) is 2.50. The third-order valence-corrected chi connectivity index (χ3v) is 3.46. The van der Waals surface area contributed by atoms with E-state index in [0.717, 1.165) is 10.2 Å². The zero-order valence-corrected chi connectivity index (χ0v) is 10.4. The highest BCUT2D eigenvalue weighted by Crippen LogP contribution is 2.23. The fourth-order valence-electron chi connectivity index (χ4n) is 1.14. The molecule has 0 spiro atoms. The molecule has 0 unspecified atom stereocenters. The van der Waals surface area contributed by atoms with Gasteiger partial charge in [-0.1, -0.05) is 27.7 Å². The number of thioether (sulfide) groups is 1. The van der Waals surface area contributed by atoms with Crippen molar-refractivity contribution in [2.24, 2.45) is 4.99 Å². The summed E-state index contributed by atoms with van der Waals surface area (Å²) in [5.74, 6) is 0.0239. The fourth-order valence-corrected chi connectivity index (χ4v) is 2.23. The van der Waals surface area contributed by atoms with Crippen LogP contribution in [0.2, 0.25) is 0 Å². The topological polar surface area (TPSA) is 41.5 Å². The molecule has 1 fully saturated rings. The van der Waals surface area contributed by atoms with Gasteiger partial charge in [0.2, 0.25) is 5.91 Å². The minimum absolute atomic E-state index is 0.0239. The Kier molecular flexibility index (Phi) is 3.11. The van der Waals surface area contributed by atoms with E-state index in [-0.39, 0.29) is 11.2 Å². The van der Waals surface area contributed by atoms with Gasteiger partial charge in [-0.3, -0.25) is 4.79 Å². The van der Waals surface area contributed by atoms with Crippen LogP contribution >= 0.6 is 27.7 Å². The number of carbonyl (C=O) groups is 1. The van der Waals surface area contributed by atoms with Crippen molar-refractivity contribution in [1.82, 2.24) is 5.32 Å². The highest BCUT2D eigenvalue weighted by atomic mass is 79.9. The van der Waals surface area contributed by atoms with Crippen molar-refractivity contribution in [2.75, 3.05) is 0 Å². The molecule has 0 radical (unpaired) electrons. The van der Waals surface area contributed by atoms with E-state index in [4.69, 9.17) is 0 Å². The summed E-state index contributed by atoms with van der Waals surface area (Å²) in [6, 6.07) is 7.63. The van der Waals surface area contributed by atoms with Crippen molar-refractivity contribution < 1.29 is 4.79 Å². The average molecular weight is 285 g/mol. The van der Waals surface area contributed by atoms with E-state index in [1.807, 2.05) is 31.2 Å². The normalized spacial score (nSPS) is 23.2. The van der Waals surface area contributed by atoms with Crippen LogP contribution in [0.15, 0.2) is 33.7 Å². The Labute approximate surface area is 100 Å². The van der Waals surface area contributed by atoms with E-state index in [1.165, 1.54) is 11.8 Å². The van der Waals surface area contributed by atoms with E-state index in [0.29, 0.717) is 5.17 Å². The molecule has 0 bridgehead atoms. The van der Waals surface area contributed by atoms with E-state index < -0.39 is 0 Å². The summed E-state index contributed by atoms with van der Waals surface area (Å²) in [5.41, 5.74) is 0.843. The molecule has 0 aliphatic carbocycles. The second kappa shape index (κ2) is 4.37. The van der Waals surface area contributed by atoms with Gasteiger partial charge in [0.25, 0.3) is 0 Å². The molecule has 3 nitrogen and oxygen atoms in total. The molecule has 1 saturated heterocycles. The van der Waals surface area contributed by atoms with Crippen molar-refractivity contribution in [3.8, 4) is 0 Å². The number of nitrogens with one attached hydrogen (secondary N) is 1. The molecule has 1 aromatic carbocycles. The van der Waals surface area contributed by atoms with Crippen LogP contribution in [0.25, 0.3) is 0 Å². The molecular weight excluding hydrogens is 276 g/mol. The quantitative estimate of drug-likeness (QED) is 0.862. The van der Waals surface area contributed by atoms with Crippen molar-refractivity contribution in [3.05, 3.63) is 28.7 Å². The molecular formula is C10H9BrN2OS. The van der Waals surface area contributed by atoms with Crippen LogP contribution in [-0.2, 0) is 4.79 Å². The lowest BCUT2D eigenvalue weighted by Gasteiger charge is -1.96. The van der Waals surface area contributed by atoms with E-state index >= 15 is 0 Å². The summed E-state index contributed by atoms with van der Waals surface area (Å²) >= 11 is 4.80. The first-order valence-corrected chi connectivity index (χ1v) is 6.14. The van der Waals surface area contributed by atoms with Crippen molar-refractivity contribution in [1.29, 1.82) is 0 Å². The number of amidine groups is 1. The number of hydrogen-bond donors (Lipinski definition) is 1. The highest BCUT2D eigenvalue weighted by molar-refractivity contribution is 9.10. The van der Waals surface area contributed by atoms with Crippen LogP contribution < -0.4 is 5.32 Å². The maximum atomic E-state index is 11.2. The van der Waals surface area contributed by atoms with Crippen molar-refractivity contribution in [2.45, 2.75) is 12.2 Å². The Morgan fingerprint density at radius 2 is 2.07 bits per heavy atom. The largest absolute Gasteiger partial charge is 0.304 e. The van der Waals surface area contributed by atoms with Gasteiger partial charge < -0.3 is 5.32 Å². The molecule has 1 atom stereocenters.